The highest BCUT2D eigenvalue weighted by Gasteiger charge is 2.26. The third kappa shape index (κ3) is 3.99. The first kappa shape index (κ1) is 18.7. The van der Waals surface area contributed by atoms with Crippen LogP contribution in [0.25, 0.3) is 0 Å². The molecule has 1 aliphatic rings. The zero-order chi connectivity index (χ0) is 18.9. The molecule has 2 unspecified atom stereocenters. The molecule has 2 aromatic carbocycles. The number of nitrogens with one attached hydrogen (secondary N) is 1. The molecule has 1 aliphatic heterocycles. The first-order valence-corrected chi connectivity index (χ1v) is 10.0. The maximum Gasteiger partial charge on any atom is 0.262 e. The number of morpholine rings is 1. The molecule has 3 rings (SSSR count). The van der Waals surface area contributed by atoms with Gasteiger partial charge in [0.05, 0.1) is 28.5 Å². The van der Waals surface area contributed by atoms with Crippen molar-refractivity contribution in [2.24, 2.45) is 0 Å². The summed E-state index contributed by atoms with van der Waals surface area (Å²) in [5.74, 6) is -0.583. The highest BCUT2D eigenvalue weighted by atomic mass is 32.2. The number of halogens is 1. The molecule has 1 fully saturated rings. The number of aryl methyl sites for hydroxylation is 1. The molecule has 0 aliphatic carbocycles. The molecule has 0 saturated carbocycles. The molecule has 0 aromatic heterocycles. The maximum atomic E-state index is 13.6. The van der Waals surface area contributed by atoms with Gasteiger partial charge in [0.25, 0.3) is 10.0 Å². The third-order valence-corrected chi connectivity index (χ3v) is 5.86. The van der Waals surface area contributed by atoms with Crippen molar-refractivity contribution < 1.29 is 17.5 Å². The lowest BCUT2D eigenvalue weighted by Gasteiger charge is -2.37. The van der Waals surface area contributed by atoms with Crippen LogP contribution >= 0.6 is 0 Å². The molecule has 1 N–H and O–H groups in total. The van der Waals surface area contributed by atoms with Gasteiger partial charge in [-0.05, 0) is 50.6 Å². The normalized spacial score (nSPS) is 20.8. The van der Waals surface area contributed by atoms with Gasteiger partial charge in [0.1, 0.15) is 5.82 Å². The predicted octanol–water partition coefficient (Wildman–Crippen LogP) is 3.55. The molecule has 1 saturated heterocycles. The van der Waals surface area contributed by atoms with E-state index in [0.717, 1.165) is 11.8 Å². The van der Waals surface area contributed by atoms with Gasteiger partial charge in [-0.1, -0.05) is 18.2 Å². The van der Waals surface area contributed by atoms with Crippen LogP contribution in [0.1, 0.15) is 19.4 Å². The number of nitrogens with zero attached hydrogens (tertiary/aromatic N) is 1. The molecule has 0 radical (unpaired) electrons. The van der Waals surface area contributed by atoms with Crippen molar-refractivity contribution in [3.05, 3.63) is 53.8 Å². The van der Waals surface area contributed by atoms with Crippen molar-refractivity contribution in [2.45, 2.75) is 37.9 Å². The van der Waals surface area contributed by atoms with Gasteiger partial charge in [-0.25, -0.2) is 12.8 Å². The standard InChI is InChI=1S/C19H23FN2O3S/c1-13-8-9-16(20)10-19(13)26(23,24)21-17-6-4-5-7-18(17)22-11-14(2)25-15(3)12-22/h4-10,14-15,21H,11-12H2,1-3H3. The van der Waals surface area contributed by atoms with Crippen molar-refractivity contribution in [1.29, 1.82) is 0 Å². The number of hydrogen-bond acceptors (Lipinski definition) is 4. The average molecular weight is 378 g/mol. The first-order chi connectivity index (χ1) is 12.3. The molecular weight excluding hydrogens is 355 g/mol. The van der Waals surface area contributed by atoms with Gasteiger partial charge in [0, 0.05) is 13.1 Å². The molecule has 2 atom stereocenters. The Morgan fingerprint density at radius 1 is 1.12 bits per heavy atom. The number of hydrogen-bond donors (Lipinski definition) is 1. The molecular formula is C19H23FN2O3S. The first-order valence-electron chi connectivity index (χ1n) is 8.54. The van der Waals surface area contributed by atoms with Gasteiger partial charge in [-0.15, -0.1) is 0 Å². The Bertz CT molecular complexity index is 891. The highest BCUT2D eigenvalue weighted by Crippen LogP contribution is 2.31. The monoisotopic (exact) mass is 378 g/mol. The Morgan fingerprint density at radius 3 is 2.46 bits per heavy atom. The maximum absolute atomic E-state index is 13.6. The van der Waals surface area contributed by atoms with E-state index in [1.807, 2.05) is 26.0 Å². The summed E-state index contributed by atoms with van der Waals surface area (Å²) in [5.41, 5.74) is 1.74. The van der Waals surface area contributed by atoms with Crippen LogP contribution < -0.4 is 9.62 Å². The molecule has 0 spiro atoms. The van der Waals surface area contributed by atoms with Crippen molar-refractivity contribution in [2.75, 3.05) is 22.7 Å². The second kappa shape index (κ2) is 7.25. The van der Waals surface area contributed by atoms with E-state index in [1.54, 1.807) is 19.1 Å². The van der Waals surface area contributed by atoms with Gasteiger partial charge in [-0.2, -0.15) is 0 Å². The second-order valence-corrected chi connectivity index (χ2v) is 8.35. The van der Waals surface area contributed by atoms with Crippen LogP contribution in [0.2, 0.25) is 0 Å². The van der Waals surface area contributed by atoms with Crippen molar-refractivity contribution in [1.82, 2.24) is 0 Å². The molecule has 26 heavy (non-hydrogen) atoms. The number of anilines is 2. The summed E-state index contributed by atoms with van der Waals surface area (Å²) in [5, 5.41) is 0. The van der Waals surface area contributed by atoms with Crippen LogP contribution in [0.4, 0.5) is 15.8 Å². The molecule has 2 aromatic rings. The van der Waals surface area contributed by atoms with Gasteiger partial charge < -0.3 is 9.64 Å². The quantitative estimate of drug-likeness (QED) is 0.884. The second-order valence-electron chi connectivity index (χ2n) is 6.69. The highest BCUT2D eigenvalue weighted by molar-refractivity contribution is 7.92. The summed E-state index contributed by atoms with van der Waals surface area (Å²) in [6.07, 6.45) is 0.0998. The average Bonchev–Trinajstić information content (AvgIpc) is 2.56. The van der Waals surface area contributed by atoms with Crippen LogP contribution in [0.3, 0.4) is 0 Å². The van der Waals surface area contributed by atoms with E-state index in [1.165, 1.54) is 12.1 Å². The van der Waals surface area contributed by atoms with E-state index in [4.69, 9.17) is 4.74 Å². The van der Waals surface area contributed by atoms with E-state index in [0.29, 0.717) is 24.3 Å². The van der Waals surface area contributed by atoms with E-state index in [-0.39, 0.29) is 17.1 Å². The summed E-state index contributed by atoms with van der Waals surface area (Å²) in [4.78, 5) is 2.05. The molecule has 5 nitrogen and oxygen atoms in total. The van der Waals surface area contributed by atoms with Crippen LogP contribution in [0.5, 0.6) is 0 Å². The van der Waals surface area contributed by atoms with E-state index >= 15 is 0 Å². The minimum atomic E-state index is -3.90. The summed E-state index contributed by atoms with van der Waals surface area (Å²) in [7, 11) is -3.90. The molecule has 0 bridgehead atoms. The van der Waals surface area contributed by atoms with Gasteiger partial charge in [0.2, 0.25) is 0 Å². The SMILES string of the molecule is Cc1ccc(F)cc1S(=O)(=O)Nc1ccccc1N1CC(C)OC(C)C1. The number of ether oxygens (including phenoxy) is 1. The topological polar surface area (TPSA) is 58.6 Å². The molecule has 0 amide bonds. The predicted molar refractivity (Wildman–Crippen MR) is 101 cm³/mol. The fraction of sp³-hybridized carbons (Fsp3) is 0.368. The molecule has 140 valence electrons. The summed E-state index contributed by atoms with van der Waals surface area (Å²) >= 11 is 0. The lowest BCUT2D eigenvalue weighted by atomic mass is 10.2. The Kier molecular flexibility index (Phi) is 5.20. The Hall–Kier alpha value is -2.12. The number of sulfonamides is 1. The number of rotatable bonds is 4. The Labute approximate surface area is 153 Å². The van der Waals surface area contributed by atoms with Crippen molar-refractivity contribution >= 4 is 21.4 Å². The zero-order valence-corrected chi connectivity index (χ0v) is 15.9. The zero-order valence-electron chi connectivity index (χ0n) is 15.1. The summed E-state index contributed by atoms with van der Waals surface area (Å²) in [6, 6.07) is 11.0. The van der Waals surface area contributed by atoms with Crippen LogP contribution in [0.15, 0.2) is 47.4 Å². The fourth-order valence-corrected chi connectivity index (χ4v) is 4.61. The Morgan fingerprint density at radius 2 is 1.77 bits per heavy atom. The van der Waals surface area contributed by atoms with Gasteiger partial charge >= 0.3 is 0 Å². The van der Waals surface area contributed by atoms with Crippen LogP contribution in [-0.2, 0) is 14.8 Å². The molecule has 1 heterocycles. The smallest absolute Gasteiger partial charge is 0.262 e. The lowest BCUT2D eigenvalue weighted by molar-refractivity contribution is -0.00517. The molecule has 7 heteroatoms. The summed E-state index contributed by atoms with van der Waals surface area (Å²) in [6.45, 7) is 6.96. The minimum Gasteiger partial charge on any atom is -0.372 e. The van der Waals surface area contributed by atoms with Crippen molar-refractivity contribution in [3.8, 4) is 0 Å². The van der Waals surface area contributed by atoms with Crippen LogP contribution in [0, 0.1) is 12.7 Å². The van der Waals surface area contributed by atoms with Crippen LogP contribution in [-0.4, -0.2) is 33.7 Å². The van der Waals surface area contributed by atoms with E-state index in [9.17, 15) is 12.8 Å². The Balaban J connectivity index is 1.94. The van der Waals surface area contributed by atoms with E-state index < -0.39 is 15.8 Å². The van der Waals surface area contributed by atoms with Gasteiger partial charge in [0.15, 0.2) is 0 Å². The van der Waals surface area contributed by atoms with Crippen molar-refractivity contribution in [3.63, 3.8) is 0 Å². The van der Waals surface area contributed by atoms with Gasteiger partial charge in [-0.3, -0.25) is 4.72 Å². The third-order valence-electron chi connectivity index (χ3n) is 4.35. The largest absolute Gasteiger partial charge is 0.372 e. The van der Waals surface area contributed by atoms with E-state index in [2.05, 4.69) is 9.62 Å². The fourth-order valence-electron chi connectivity index (χ4n) is 3.27. The lowest BCUT2D eigenvalue weighted by Crippen LogP contribution is -2.45. The number of benzene rings is 2. The minimum absolute atomic E-state index is 0.0499. The number of para-hydroxylation sites is 2. The summed E-state index contributed by atoms with van der Waals surface area (Å²) < 4.78 is 47.6.